The Balaban J connectivity index is 0.00000121. The van der Waals surface area contributed by atoms with Crippen molar-refractivity contribution >= 4 is 14.3 Å². The summed E-state index contributed by atoms with van der Waals surface area (Å²) >= 11 is 0. The average molecular weight is 239 g/mol. The summed E-state index contributed by atoms with van der Waals surface area (Å²) in [6, 6.07) is 0.367. The maximum atomic E-state index is 10.4. The Bertz CT molecular complexity index is 128. The fraction of sp³-hybridized carbons (Fsp3) is 0.875. The summed E-state index contributed by atoms with van der Waals surface area (Å²) in [5.41, 5.74) is 0. The van der Waals surface area contributed by atoms with Crippen molar-refractivity contribution in [3.8, 4) is 0 Å². The van der Waals surface area contributed by atoms with Gasteiger partial charge in [0.1, 0.15) is 0 Å². The van der Waals surface area contributed by atoms with E-state index in [2.05, 4.69) is 0 Å². The van der Waals surface area contributed by atoms with E-state index in [-0.39, 0.29) is 32.7 Å². The summed E-state index contributed by atoms with van der Waals surface area (Å²) in [6.45, 7) is 0. The molecule has 12 heavy (non-hydrogen) atoms. The van der Waals surface area contributed by atoms with Crippen molar-refractivity contribution < 1.29 is 37.5 Å². The summed E-state index contributed by atoms with van der Waals surface area (Å²) < 4.78 is 0. The topological polar surface area (TPSA) is 20.3 Å². The molecule has 0 aliphatic heterocycles. The first-order valence-corrected chi connectivity index (χ1v) is 4.23. The van der Waals surface area contributed by atoms with Crippen LogP contribution in [-0.2, 0) is 37.5 Å². The van der Waals surface area contributed by atoms with Crippen LogP contribution in [0.15, 0.2) is 0 Å². The zero-order valence-electron chi connectivity index (χ0n) is 7.33. The molecule has 0 aromatic carbocycles. The Kier molecular flexibility index (Phi) is 7.46. The molecule has 1 fully saturated rings. The van der Waals surface area contributed by atoms with Crippen molar-refractivity contribution in [2.75, 3.05) is 6.44 Å². The van der Waals surface area contributed by atoms with E-state index in [0.717, 1.165) is 12.8 Å². The molecule has 0 saturated heterocycles. The molecule has 1 amide bonds. The first kappa shape index (κ1) is 12.6. The van der Waals surface area contributed by atoms with Gasteiger partial charge in [0.05, 0.1) is 7.85 Å². The minimum Gasteiger partial charge on any atom is -0.522 e. The second-order valence-electron chi connectivity index (χ2n) is 3.04. The van der Waals surface area contributed by atoms with E-state index in [1.54, 1.807) is 4.90 Å². The molecule has 0 spiro atoms. The molecule has 1 saturated carbocycles. The van der Waals surface area contributed by atoms with Crippen molar-refractivity contribution in [3.05, 3.63) is 0 Å². The van der Waals surface area contributed by atoms with Gasteiger partial charge in [-0.15, -0.1) is 0 Å². The van der Waals surface area contributed by atoms with Gasteiger partial charge in [-0.1, -0.05) is 25.7 Å². The van der Waals surface area contributed by atoms with Gasteiger partial charge in [0.15, 0.2) is 0 Å². The van der Waals surface area contributed by atoms with Crippen LogP contribution in [0.3, 0.4) is 0 Å². The normalized spacial score (nSPS) is 18.0. The van der Waals surface area contributed by atoms with E-state index in [1.807, 2.05) is 6.41 Å². The quantitative estimate of drug-likeness (QED) is 0.405. The van der Waals surface area contributed by atoms with Gasteiger partial charge in [0.2, 0.25) is 0 Å². The minimum atomic E-state index is 0. The van der Waals surface area contributed by atoms with Crippen molar-refractivity contribution in [1.29, 1.82) is 0 Å². The second-order valence-corrected chi connectivity index (χ2v) is 3.04. The van der Waals surface area contributed by atoms with E-state index < -0.39 is 0 Å². The third kappa shape index (κ3) is 3.57. The van der Waals surface area contributed by atoms with Gasteiger partial charge >= 0.3 is 0 Å². The number of hydrogen-bond donors (Lipinski definition) is 0. The third-order valence-corrected chi connectivity index (χ3v) is 2.33. The molecule has 1 aliphatic rings. The Morgan fingerprint density at radius 2 is 1.92 bits per heavy atom. The minimum absolute atomic E-state index is 0. The van der Waals surface area contributed by atoms with Gasteiger partial charge in [0.25, 0.3) is 0 Å². The largest absolute Gasteiger partial charge is 0.522 e. The van der Waals surface area contributed by atoms with Crippen LogP contribution in [0.4, 0.5) is 0 Å². The van der Waals surface area contributed by atoms with Gasteiger partial charge in [-0.25, -0.2) is 0 Å². The van der Waals surface area contributed by atoms with Crippen LogP contribution in [0.5, 0.6) is 0 Å². The molecule has 0 aromatic rings. The maximum absolute atomic E-state index is 10.4. The summed E-state index contributed by atoms with van der Waals surface area (Å²) in [5.74, 6) is 0. The standard InChI is InChI=1S/C8H13BNO.Y/c9-6-10(7-11)8-4-2-1-3-5-8;/h8H,1-6H2;/q-1;. The van der Waals surface area contributed by atoms with Crippen LogP contribution < -0.4 is 0 Å². The van der Waals surface area contributed by atoms with E-state index in [1.165, 1.54) is 19.3 Å². The van der Waals surface area contributed by atoms with Crippen molar-refractivity contribution in [2.45, 2.75) is 38.1 Å². The number of hydrogen-bond acceptors (Lipinski definition) is 1. The molecular formula is C8H13BNOY-. The number of carbonyl (C=O) groups excluding carboxylic acids is 1. The van der Waals surface area contributed by atoms with Crippen molar-refractivity contribution in [2.24, 2.45) is 0 Å². The molecule has 2 nitrogen and oxygen atoms in total. The van der Waals surface area contributed by atoms with Crippen molar-refractivity contribution in [3.63, 3.8) is 0 Å². The van der Waals surface area contributed by atoms with E-state index >= 15 is 0 Å². The second kappa shape index (κ2) is 7.08. The van der Waals surface area contributed by atoms with Gasteiger partial charge in [-0.3, -0.25) is 0 Å². The number of nitrogens with zero attached hydrogens (tertiary/aromatic N) is 1. The summed E-state index contributed by atoms with van der Waals surface area (Å²) in [7, 11) is 5.38. The molecule has 0 heterocycles. The SMILES string of the molecule is [B]CN([C-]=O)C1CCCCC1.[Y]. The number of amides is 1. The zero-order valence-corrected chi connectivity index (χ0v) is 10.2. The Morgan fingerprint density at radius 1 is 1.33 bits per heavy atom. The first-order valence-electron chi connectivity index (χ1n) is 4.23. The Hall–Kier alpha value is 0.639. The molecular weight excluding hydrogens is 226 g/mol. The Labute approximate surface area is 101 Å². The maximum Gasteiger partial charge on any atom is 0.0904 e. The Morgan fingerprint density at radius 3 is 2.33 bits per heavy atom. The van der Waals surface area contributed by atoms with Crippen LogP contribution in [0.25, 0.3) is 0 Å². The summed E-state index contributed by atoms with van der Waals surface area (Å²) in [6.07, 6.45) is 8.15. The van der Waals surface area contributed by atoms with Crippen LogP contribution >= 0.6 is 0 Å². The first-order chi connectivity index (χ1) is 5.38. The van der Waals surface area contributed by atoms with Crippen LogP contribution in [-0.4, -0.2) is 31.6 Å². The molecule has 0 aromatic heterocycles. The van der Waals surface area contributed by atoms with Gasteiger partial charge in [0, 0.05) is 32.7 Å². The van der Waals surface area contributed by atoms with Crippen LogP contribution in [0.2, 0.25) is 0 Å². The third-order valence-electron chi connectivity index (χ3n) is 2.33. The molecule has 0 N–H and O–H groups in total. The fourth-order valence-electron chi connectivity index (χ4n) is 1.65. The predicted molar refractivity (Wildman–Crippen MR) is 45.0 cm³/mol. The van der Waals surface area contributed by atoms with Gasteiger partial charge < -0.3 is 9.69 Å². The molecule has 4 heteroatoms. The predicted octanol–water partition coefficient (Wildman–Crippen LogP) is 0.812. The molecule has 1 aliphatic carbocycles. The molecule has 63 valence electrons. The summed E-state index contributed by atoms with van der Waals surface area (Å²) in [4.78, 5) is 11.9. The fourth-order valence-corrected chi connectivity index (χ4v) is 1.65. The molecule has 0 unspecified atom stereocenters. The molecule has 0 atom stereocenters. The van der Waals surface area contributed by atoms with Gasteiger partial charge in [-0.05, 0) is 18.9 Å². The average Bonchev–Trinajstić information content (AvgIpc) is 2.09. The number of rotatable bonds is 3. The van der Waals surface area contributed by atoms with Crippen molar-refractivity contribution in [1.82, 2.24) is 4.90 Å². The zero-order chi connectivity index (χ0) is 8.10. The molecule has 1 rings (SSSR count). The molecule has 3 radical (unpaired) electrons. The van der Waals surface area contributed by atoms with Crippen LogP contribution in [0, 0.1) is 0 Å². The van der Waals surface area contributed by atoms with E-state index in [4.69, 9.17) is 7.85 Å². The van der Waals surface area contributed by atoms with E-state index in [0.29, 0.717) is 12.5 Å². The van der Waals surface area contributed by atoms with Crippen LogP contribution in [0.1, 0.15) is 32.1 Å². The van der Waals surface area contributed by atoms with Gasteiger partial charge in [-0.2, -0.15) is 6.41 Å². The smallest absolute Gasteiger partial charge is 0.0904 e. The molecule has 0 bridgehead atoms. The monoisotopic (exact) mass is 239 g/mol. The summed E-state index contributed by atoms with van der Waals surface area (Å²) in [5, 5.41) is 0. The van der Waals surface area contributed by atoms with E-state index in [9.17, 15) is 4.79 Å².